The fraction of sp³-hybridized carbons (Fsp3) is 0.375. The monoisotopic (exact) mass is 349 g/mol. The summed E-state index contributed by atoms with van der Waals surface area (Å²) in [6.45, 7) is 2.23. The van der Waals surface area contributed by atoms with E-state index in [1.807, 2.05) is 0 Å². The first-order chi connectivity index (χ1) is 11.4. The first kappa shape index (κ1) is 16.5. The second-order valence-corrected chi connectivity index (χ2v) is 7.81. The van der Waals surface area contributed by atoms with Crippen molar-refractivity contribution in [3.8, 4) is 0 Å². The molecule has 0 aliphatic carbocycles. The van der Waals surface area contributed by atoms with Crippen LogP contribution in [0.25, 0.3) is 0 Å². The van der Waals surface area contributed by atoms with Gasteiger partial charge in [0.25, 0.3) is 0 Å². The third-order valence-corrected chi connectivity index (χ3v) is 5.66. The summed E-state index contributed by atoms with van der Waals surface area (Å²) in [6.07, 6.45) is 1.62. The van der Waals surface area contributed by atoms with Crippen LogP contribution < -0.4 is 9.62 Å². The van der Waals surface area contributed by atoms with Crippen molar-refractivity contribution in [1.29, 1.82) is 0 Å². The summed E-state index contributed by atoms with van der Waals surface area (Å²) in [5.41, 5.74) is 1.68. The Kier molecular flexibility index (Phi) is 4.57. The van der Waals surface area contributed by atoms with Gasteiger partial charge in [-0.25, -0.2) is 8.42 Å². The van der Waals surface area contributed by atoms with Gasteiger partial charge in [0.2, 0.25) is 15.9 Å². The minimum absolute atomic E-state index is 0.101. The van der Waals surface area contributed by atoms with Crippen molar-refractivity contribution in [1.82, 2.24) is 5.16 Å². The molecule has 1 fully saturated rings. The molecule has 1 N–H and O–H groups in total. The molecule has 128 valence electrons. The Bertz CT molecular complexity index is 845. The number of benzene rings is 1. The first-order valence-electron chi connectivity index (χ1n) is 7.76. The number of hydrogen-bond donors (Lipinski definition) is 1. The van der Waals surface area contributed by atoms with Crippen LogP contribution in [0.5, 0.6) is 0 Å². The van der Waals surface area contributed by atoms with Crippen LogP contribution in [0.4, 0.5) is 11.4 Å². The second kappa shape index (κ2) is 6.64. The molecule has 1 aliphatic rings. The van der Waals surface area contributed by atoms with Crippen LogP contribution in [-0.4, -0.2) is 31.8 Å². The maximum atomic E-state index is 12.2. The summed E-state index contributed by atoms with van der Waals surface area (Å²) in [5.74, 6) is 0.576. The third-order valence-electron chi connectivity index (χ3n) is 3.79. The highest BCUT2D eigenvalue weighted by atomic mass is 32.2. The largest absolute Gasteiger partial charge is 0.361 e. The van der Waals surface area contributed by atoms with E-state index in [0.717, 1.165) is 6.42 Å². The highest BCUT2D eigenvalue weighted by Crippen LogP contribution is 2.26. The van der Waals surface area contributed by atoms with Crippen LogP contribution >= 0.6 is 0 Å². The number of rotatable bonds is 4. The zero-order chi connectivity index (χ0) is 17.2. The second-order valence-electron chi connectivity index (χ2n) is 5.80. The Morgan fingerprint density at radius 2 is 2.17 bits per heavy atom. The van der Waals surface area contributed by atoms with Crippen molar-refractivity contribution in [2.75, 3.05) is 21.9 Å². The van der Waals surface area contributed by atoms with Crippen LogP contribution in [0.3, 0.4) is 0 Å². The molecule has 0 atom stereocenters. The van der Waals surface area contributed by atoms with E-state index in [1.54, 1.807) is 37.3 Å². The van der Waals surface area contributed by atoms with Crippen molar-refractivity contribution in [3.05, 3.63) is 41.8 Å². The molecule has 1 amide bonds. The highest BCUT2D eigenvalue weighted by molar-refractivity contribution is 7.92. The fourth-order valence-corrected chi connectivity index (χ4v) is 4.32. The predicted octanol–water partition coefficient (Wildman–Crippen LogP) is 2.09. The van der Waals surface area contributed by atoms with Crippen molar-refractivity contribution in [2.24, 2.45) is 0 Å². The number of hydrogen-bond acceptors (Lipinski definition) is 5. The number of aromatic nitrogens is 1. The molecule has 1 aromatic carbocycles. The molecule has 2 aromatic rings. The van der Waals surface area contributed by atoms with Gasteiger partial charge in [0, 0.05) is 18.3 Å². The van der Waals surface area contributed by atoms with E-state index < -0.39 is 10.0 Å². The molecule has 7 nitrogen and oxygen atoms in total. The van der Waals surface area contributed by atoms with E-state index in [0.29, 0.717) is 35.8 Å². The molecule has 24 heavy (non-hydrogen) atoms. The highest BCUT2D eigenvalue weighted by Gasteiger charge is 2.26. The minimum atomic E-state index is -3.27. The van der Waals surface area contributed by atoms with E-state index in [9.17, 15) is 13.2 Å². The number of aryl methyl sites for hydroxylation is 1. The summed E-state index contributed by atoms with van der Waals surface area (Å²) in [7, 11) is -3.27. The lowest BCUT2D eigenvalue weighted by molar-refractivity contribution is -0.115. The lowest BCUT2D eigenvalue weighted by Gasteiger charge is -2.28. The number of anilines is 2. The van der Waals surface area contributed by atoms with Gasteiger partial charge in [-0.2, -0.15) is 0 Å². The average Bonchev–Trinajstić information content (AvgIpc) is 2.92. The predicted molar refractivity (Wildman–Crippen MR) is 90.4 cm³/mol. The standard InChI is InChI=1S/C16H19N3O4S/c1-12-9-14(18-23-12)11-16(20)17-13-5-4-6-15(10-13)19-7-2-3-8-24(19,21)22/h4-6,9-10H,2-3,7-8,11H2,1H3,(H,17,20). The van der Waals surface area contributed by atoms with Crippen LogP contribution in [0, 0.1) is 6.92 Å². The topological polar surface area (TPSA) is 92.5 Å². The van der Waals surface area contributed by atoms with E-state index >= 15 is 0 Å². The molecule has 0 saturated carbocycles. The number of carbonyl (C=O) groups excluding carboxylic acids is 1. The van der Waals surface area contributed by atoms with Crippen LogP contribution in [0.1, 0.15) is 24.3 Å². The number of nitrogens with zero attached hydrogens (tertiary/aromatic N) is 2. The lowest BCUT2D eigenvalue weighted by Crippen LogP contribution is -2.37. The Morgan fingerprint density at radius 3 is 2.88 bits per heavy atom. The Morgan fingerprint density at radius 1 is 1.33 bits per heavy atom. The van der Waals surface area contributed by atoms with E-state index in [-0.39, 0.29) is 18.1 Å². The van der Waals surface area contributed by atoms with Gasteiger partial charge in [-0.1, -0.05) is 11.2 Å². The zero-order valence-corrected chi connectivity index (χ0v) is 14.2. The van der Waals surface area contributed by atoms with E-state index in [4.69, 9.17) is 4.52 Å². The number of amides is 1. The normalized spacial score (nSPS) is 16.8. The number of carbonyl (C=O) groups is 1. The summed E-state index contributed by atoms with van der Waals surface area (Å²) < 4.78 is 30.7. The molecule has 8 heteroatoms. The van der Waals surface area contributed by atoms with Crippen molar-refractivity contribution in [2.45, 2.75) is 26.2 Å². The van der Waals surface area contributed by atoms with Crippen LogP contribution in [0.2, 0.25) is 0 Å². The van der Waals surface area contributed by atoms with Crippen molar-refractivity contribution < 1.29 is 17.7 Å². The molecular weight excluding hydrogens is 330 g/mol. The molecule has 0 unspecified atom stereocenters. The van der Waals surface area contributed by atoms with Crippen molar-refractivity contribution in [3.63, 3.8) is 0 Å². The quantitative estimate of drug-likeness (QED) is 0.912. The smallest absolute Gasteiger partial charge is 0.235 e. The molecule has 0 spiro atoms. The molecule has 0 radical (unpaired) electrons. The van der Waals surface area contributed by atoms with E-state index in [2.05, 4.69) is 10.5 Å². The Hall–Kier alpha value is -2.35. The van der Waals surface area contributed by atoms with Gasteiger partial charge in [-0.3, -0.25) is 9.10 Å². The molecule has 3 rings (SSSR count). The molecule has 1 saturated heterocycles. The minimum Gasteiger partial charge on any atom is -0.361 e. The summed E-state index contributed by atoms with van der Waals surface area (Å²) in [5, 5.41) is 6.55. The fourth-order valence-electron chi connectivity index (χ4n) is 2.69. The first-order valence-corrected chi connectivity index (χ1v) is 9.37. The molecule has 1 aliphatic heterocycles. The van der Waals surface area contributed by atoms with Crippen LogP contribution in [0.15, 0.2) is 34.9 Å². The zero-order valence-electron chi connectivity index (χ0n) is 13.4. The van der Waals surface area contributed by atoms with Gasteiger partial charge >= 0.3 is 0 Å². The maximum Gasteiger partial charge on any atom is 0.235 e. The van der Waals surface area contributed by atoms with Crippen LogP contribution in [-0.2, 0) is 21.2 Å². The molecular formula is C16H19N3O4S. The molecule has 2 heterocycles. The lowest BCUT2D eigenvalue weighted by atomic mass is 10.2. The van der Waals surface area contributed by atoms with Gasteiger partial charge in [0.15, 0.2) is 0 Å². The summed E-state index contributed by atoms with van der Waals surface area (Å²) in [6, 6.07) is 8.58. The average molecular weight is 349 g/mol. The Labute approximate surface area is 140 Å². The van der Waals surface area contributed by atoms with Gasteiger partial charge in [0.1, 0.15) is 5.76 Å². The number of nitrogens with one attached hydrogen (secondary N) is 1. The molecule has 1 aromatic heterocycles. The van der Waals surface area contributed by atoms with Gasteiger partial charge in [0.05, 0.1) is 23.6 Å². The van der Waals surface area contributed by atoms with Crippen molar-refractivity contribution >= 4 is 27.3 Å². The summed E-state index contributed by atoms with van der Waals surface area (Å²) in [4.78, 5) is 12.1. The summed E-state index contributed by atoms with van der Waals surface area (Å²) >= 11 is 0. The van der Waals surface area contributed by atoms with Gasteiger partial charge < -0.3 is 9.84 Å². The SMILES string of the molecule is Cc1cc(CC(=O)Nc2cccc(N3CCCCS3(=O)=O)c2)no1. The van der Waals surface area contributed by atoms with E-state index in [1.165, 1.54) is 4.31 Å². The molecule has 0 bridgehead atoms. The maximum absolute atomic E-state index is 12.2. The van der Waals surface area contributed by atoms with Gasteiger partial charge in [-0.05, 0) is 38.0 Å². The Balaban J connectivity index is 1.72. The van der Waals surface area contributed by atoms with Gasteiger partial charge in [-0.15, -0.1) is 0 Å². The number of sulfonamides is 1. The third kappa shape index (κ3) is 3.76.